The molecule has 21 heavy (non-hydrogen) atoms. The largest absolute Gasteiger partial charge is 0.493 e. The highest BCUT2D eigenvalue weighted by atomic mass is 16.5. The van der Waals surface area contributed by atoms with Crippen LogP contribution in [-0.4, -0.2) is 32.5 Å². The van der Waals surface area contributed by atoms with Gasteiger partial charge in [-0.05, 0) is 30.5 Å². The van der Waals surface area contributed by atoms with E-state index in [0.717, 1.165) is 42.9 Å². The van der Waals surface area contributed by atoms with Gasteiger partial charge in [0.25, 0.3) is 0 Å². The molecule has 1 N–H and O–H groups in total. The zero-order chi connectivity index (χ0) is 15.3. The summed E-state index contributed by atoms with van der Waals surface area (Å²) in [5.74, 6) is 1.48. The van der Waals surface area contributed by atoms with E-state index >= 15 is 0 Å². The van der Waals surface area contributed by atoms with Gasteiger partial charge in [-0.1, -0.05) is 31.7 Å². The molecule has 0 radical (unpaired) electrons. The van der Waals surface area contributed by atoms with Crippen LogP contribution in [0.1, 0.15) is 44.1 Å². The molecule has 0 atom stereocenters. The average Bonchev–Trinajstić information content (AvgIpc) is 2.53. The molecule has 0 saturated heterocycles. The van der Waals surface area contributed by atoms with E-state index in [1.54, 1.807) is 14.2 Å². The third kappa shape index (κ3) is 7.34. The highest BCUT2D eigenvalue weighted by Gasteiger charge is 2.04. The van der Waals surface area contributed by atoms with E-state index in [1.165, 1.54) is 19.3 Å². The fraction of sp³-hybridized carbons (Fsp3) is 0.647. The molecule has 0 fully saturated rings. The van der Waals surface area contributed by atoms with E-state index < -0.39 is 0 Å². The zero-order valence-corrected chi connectivity index (χ0v) is 13.3. The van der Waals surface area contributed by atoms with Gasteiger partial charge in [0, 0.05) is 13.2 Å². The van der Waals surface area contributed by atoms with Crippen molar-refractivity contribution in [2.24, 2.45) is 0 Å². The molecule has 120 valence electrons. The first-order valence-electron chi connectivity index (χ1n) is 7.71. The summed E-state index contributed by atoms with van der Waals surface area (Å²) in [6.45, 7) is 1.70. The second-order valence-electron chi connectivity index (χ2n) is 5.09. The molecule has 1 rings (SSSR count). The number of benzene rings is 1. The number of hydrogen-bond acceptors (Lipinski definition) is 4. The Morgan fingerprint density at radius 2 is 1.52 bits per heavy atom. The summed E-state index contributed by atoms with van der Waals surface area (Å²) in [4.78, 5) is 0. The molecule has 0 bridgehead atoms. The van der Waals surface area contributed by atoms with Crippen molar-refractivity contribution in [2.75, 3.05) is 27.4 Å². The molecule has 4 heteroatoms. The van der Waals surface area contributed by atoms with Crippen LogP contribution >= 0.6 is 0 Å². The predicted octanol–water partition coefficient (Wildman–Crippen LogP) is 3.55. The van der Waals surface area contributed by atoms with Gasteiger partial charge >= 0.3 is 0 Å². The lowest BCUT2D eigenvalue weighted by Crippen LogP contribution is -1.97. The Bertz CT molecular complexity index is 379. The summed E-state index contributed by atoms with van der Waals surface area (Å²) in [6, 6.07) is 5.85. The van der Waals surface area contributed by atoms with E-state index in [-0.39, 0.29) is 0 Å². The lowest BCUT2D eigenvalue weighted by atomic mass is 10.1. The SMILES string of the molecule is COc1ccc(COCCCCCCCCO)cc1OC. The lowest BCUT2D eigenvalue weighted by molar-refractivity contribution is 0.116. The fourth-order valence-corrected chi connectivity index (χ4v) is 2.18. The van der Waals surface area contributed by atoms with Crippen molar-refractivity contribution in [2.45, 2.75) is 45.1 Å². The summed E-state index contributed by atoms with van der Waals surface area (Å²) in [5.41, 5.74) is 1.09. The highest BCUT2D eigenvalue weighted by Crippen LogP contribution is 2.27. The van der Waals surface area contributed by atoms with Gasteiger partial charge in [0.15, 0.2) is 11.5 Å². The van der Waals surface area contributed by atoms with Crippen molar-refractivity contribution in [3.05, 3.63) is 23.8 Å². The summed E-state index contributed by atoms with van der Waals surface area (Å²) >= 11 is 0. The zero-order valence-electron chi connectivity index (χ0n) is 13.3. The van der Waals surface area contributed by atoms with Crippen molar-refractivity contribution >= 4 is 0 Å². The van der Waals surface area contributed by atoms with Crippen LogP contribution in [0.15, 0.2) is 18.2 Å². The minimum atomic E-state index is 0.314. The predicted molar refractivity (Wildman–Crippen MR) is 84.0 cm³/mol. The Morgan fingerprint density at radius 3 is 2.19 bits per heavy atom. The second-order valence-corrected chi connectivity index (χ2v) is 5.09. The minimum absolute atomic E-state index is 0.314. The van der Waals surface area contributed by atoms with Crippen molar-refractivity contribution in [1.82, 2.24) is 0 Å². The second kappa shape index (κ2) is 11.4. The molecule has 0 amide bonds. The molecular weight excluding hydrogens is 268 g/mol. The molecule has 0 heterocycles. The van der Waals surface area contributed by atoms with Crippen molar-refractivity contribution in [3.8, 4) is 11.5 Å². The Hall–Kier alpha value is -1.26. The minimum Gasteiger partial charge on any atom is -0.493 e. The van der Waals surface area contributed by atoms with Crippen molar-refractivity contribution in [3.63, 3.8) is 0 Å². The molecule has 0 aliphatic carbocycles. The molecule has 0 aliphatic heterocycles. The number of aliphatic hydroxyl groups is 1. The molecule has 0 aliphatic rings. The van der Waals surface area contributed by atoms with E-state index in [4.69, 9.17) is 19.3 Å². The van der Waals surface area contributed by atoms with Crippen LogP contribution < -0.4 is 9.47 Å². The average molecular weight is 296 g/mol. The van der Waals surface area contributed by atoms with E-state index in [1.807, 2.05) is 18.2 Å². The molecule has 1 aromatic carbocycles. The van der Waals surface area contributed by atoms with E-state index in [0.29, 0.717) is 13.2 Å². The summed E-state index contributed by atoms with van der Waals surface area (Å²) in [7, 11) is 3.27. The van der Waals surface area contributed by atoms with Gasteiger partial charge in [0.2, 0.25) is 0 Å². The van der Waals surface area contributed by atoms with Gasteiger partial charge in [-0.3, -0.25) is 0 Å². The third-order valence-corrected chi connectivity index (χ3v) is 3.41. The molecule has 0 aromatic heterocycles. The number of methoxy groups -OCH3 is 2. The first kappa shape index (κ1) is 17.8. The maximum absolute atomic E-state index is 8.68. The van der Waals surface area contributed by atoms with Crippen LogP contribution in [0.5, 0.6) is 11.5 Å². The van der Waals surface area contributed by atoms with Crippen LogP contribution in [0.4, 0.5) is 0 Å². The van der Waals surface area contributed by atoms with Crippen LogP contribution in [0.2, 0.25) is 0 Å². The fourth-order valence-electron chi connectivity index (χ4n) is 2.18. The first-order valence-corrected chi connectivity index (χ1v) is 7.71. The van der Waals surface area contributed by atoms with Crippen LogP contribution in [0.25, 0.3) is 0 Å². The third-order valence-electron chi connectivity index (χ3n) is 3.41. The summed E-state index contributed by atoms with van der Waals surface area (Å²) in [6.07, 6.45) is 6.76. The Balaban J connectivity index is 2.12. The van der Waals surface area contributed by atoms with Crippen molar-refractivity contribution < 1.29 is 19.3 Å². The van der Waals surface area contributed by atoms with E-state index in [9.17, 15) is 0 Å². The lowest BCUT2D eigenvalue weighted by Gasteiger charge is -2.10. The van der Waals surface area contributed by atoms with Gasteiger partial charge in [0.1, 0.15) is 0 Å². The van der Waals surface area contributed by atoms with Crippen LogP contribution in [-0.2, 0) is 11.3 Å². The van der Waals surface area contributed by atoms with Crippen molar-refractivity contribution in [1.29, 1.82) is 0 Å². The monoisotopic (exact) mass is 296 g/mol. The van der Waals surface area contributed by atoms with Gasteiger partial charge in [-0.15, -0.1) is 0 Å². The van der Waals surface area contributed by atoms with Crippen LogP contribution in [0.3, 0.4) is 0 Å². The van der Waals surface area contributed by atoms with Gasteiger partial charge < -0.3 is 19.3 Å². The van der Waals surface area contributed by atoms with Crippen LogP contribution in [0, 0.1) is 0 Å². The normalized spacial score (nSPS) is 10.6. The highest BCUT2D eigenvalue weighted by molar-refractivity contribution is 5.42. The number of hydrogen-bond donors (Lipinski definition) is 1. The summed E-state index contributed by atoms with van der Waals surface area (Å²) in [5, 5.41) is 8.68. The standard InChI is InChI=1S/C17H28O4/c1-19-16-10-9-15(13-17(16)20-2)14-21-12-8-6-4-3-5-7-11-18/h9-10,13,18H,3-8,11-12,14H2,1-2H3. The van der Waals surface area contributed by atoms with Gasteiger partial charge in [-0.2, -0.15) is 0 Å². The molecule has 0 spiro atoms. The maximum Gasteiger partial charge on any atom is 0.161 e. The topological polar surface area (TPSA) is 47.9 Å². The molecule has 0 unspecified atom stereocenters. The van der Waals surface area contributed by atoms with Gasteiger partial charge in [0.05, 0.1) is 20.8 Å². The summed E-state index contributed by atoms with van der Waals surface area (Å²) < 4.78 is 16.2. The Labute approximate surface area is 128 Å². The Morgan fingerprint density at radius 1 is 0.857 bits per heavy atom. The number of ether oxygens (including phenoxy) is 3. The molecular formula is C17H28O4. The quantitative estimate of drug-likeness (QED) is 0.599. The smallest absolute Gasteiger partial charge is 0.161 e. The number of unbranched alkanes of at least 4 members (excludes halogenated alkanes) is 5. The molecule has 0 saturated carbocycles. The van der Waals surface area contributed by atoms with E-state index in [2.05, 4.69) is 0 Å². The molecule has 4 nitrogen and oxygen atoms in total. The first-order chi connectivity index (χ1) is 10.3. The number of aliphatic hydroxyl groups excluding tert-OH is 1. The van der Waals surface area contributed by atoms with Gasteiger partial charge in [-0.25, -0.2) is 0 Å². The Kier molecular flexibility index (Phi) is 9.66. The molecule has 1 aromatic rings. The maximum atomic E-state index is 8.68. The number of rotatable bonds is 12.